The second kappa shape index (κ2) is 6.52. The first-order valence-electron chi connectivity index (χ1n) is 8.43. The van der Waals surface area contributed by atoms with Crippen LogP contribution in [0.15, 0.2) is 12.3 Å². The van der Waals surface area contributed by atoms with E-state index < -0.39 is 21.8 Å². The van der Waals surface area contributed by atoms with Crippen LogP contribution in [0, 0.1) is 5.41 Å². The second-order valence-corrected chi connectivity index (χ2v) is 10.4. The molecule has 1 saturated heterocycles. The number of piperidine rings is 1. The van der Waals surface area contributed by atoms with Gasteiger partial charge in [0.1, 0.15) is 0 Å². The summed E-state index contributed by atoms with van der Waals surface area (Å²) < 4.78 is 15.7. The fraction of sp³-hybridized carbons (Fsp3) is 0.647. The molecule has 138 valence electrons. The van der Waals surface area contributed by atoms with E-state index in [0.717, 1.165) is 17.7 Å². The lowest BCUT2D eigenvalue weighted by Crippen LogP contribution is -2.48. The third kappa shape index (κ3) is 3.55. The van der Waals surface area contributed by atoms with E-state index in [2.05, 4.69) is 9.71 Å². The van der Waals surface area contributed by atoms with E-state index in [4.69, 9.17) is 11.6 Å². The van der Waals surface area contributed by atoms with Gasteiger partial charge < -0.3 is 10.0 Å². The Balaban J connectivity index is 1.92. The lowest BCUT2D eigenvalue weighted by atomic mass is 9.73. The van der Waals surface area contributed by atoms with Crippen molar-refractivity contribution in [1.82, 2.24) is 14.6 Å². The molecular weight excluding hydrogens is 362 g/mol. The number of rotatable bonds is 2. The Morgan fingerprint density at radius 1 is 1.44 bits per heavy atom. The predicted octanol–water partition coefficient (Wildman–Crippen LogP) is 3.14. The highest BCUT2D eigenvalue weighted by molar-refractivity contribution is 7.84. The van der Waals surface area contributed by atoms with Gasteiger partial charge in [-0.15, -0.1) is 0 Å². The molecule has 2 N–H and O–H groups in total. The van der Waals surface area contributed by atoms with E-state index in [1.807, 2.05) is 26.8 Å². The van der Waals surface area contributed by atoms with Gasteiger partial charge in [-0.25, -0.2) is 13.7 Å². The number of nitrogens with one attached hydrogen (secondary N) is 1. The van der Waals surface area contributed by atoms with Crippen molar-refractivity contribution in [3.05, 3.63) is 28.5 Å². The Hall–Kier alpha value is -1.18. The van der Waals surface area contributed by atoms with E-state index >= 15 is 0 Å². The zero-order valence-corrected chi connectivity index (χ0v) is 16.3. The summed E-state index contributed by atoms with van der Waals surface area (Å²) in [5.74, 6) is 0. The van der Waals surface area contributed by atoms with Crippen LogP contribution in [0.25, 0.3) is 0 Å². The molecule has 25 heavy (non-hydrogen) atoms. The third-order valence-electron chi connectivity index (χ3n) is 5.22. The van der Waals surface area contributed by atoms with Crippen LogP contribution in [0.4, 0.5) is 4.79 Å². The van der Waals surface area contributed by atoms with Crippen LogP contribution in [0.2, 0.25) is 5.02 Å². The molecule has 8 heteroatoms. The van der Waals surface area contributed by atoms with E-state index in [1.54, 1.807) is 6.20 Å². The normalized spacial score (nSPS) is 23.5. The molecule has 0 bridgehead atoms. The van der Waals surface area contributed by atoms with Crippen LogP contribution in [-0.4, -0.2) is 43.1 Å². The molecule has 0 radical (unpaired) electrons. The summed E-state index contributed by atoms with van der Waals surface area (Å²) in [6.07, 6.45) is 2.95. The summed E-state index contributed by atoms with van der Waals surface area (Å²) in [7, 11) is -1.24. The Labute approximate surface area is 155 Å². The highest BCUT2D eigenvalue weighted by Gasteiger charge is 2.50. The molecule has 1 aliphatic heterocycles. The molecule has 1 aliphatic carbocycles. The number of hydrogen-bond donors (Lipinski definition) is 2. The van der Waals surface area contributed by atoms with Crippen LogP contribution in [-0.2, 0) is 17.4 Å². The van der Waals surface area contributed by atoms with Gasteiger partial charge in [0.25, 0.3) is 0 Å². The molecule has 1 aromatic heterocycles. The van der Waals surface area contributed by atoms with E-state index in [-0.39, 0.29) is 11.5 Å². The number of halogens is 1. The molecule has 2 atom stereocenters. The van der Waals surface area contributed by atoms with Crippen LogP contribution >= 0.6 is 11.6 Å². The first kappa shape index (κ1) is 18.6. The van der Waals surface area contributed by atoms with E-state index in [0.29, 0.717) is 31.0 Å². The van der Waals surface area contributed by atoms with Crippen molar-refractivity contribution < 1.29 is 14.1 Å². The third-order valence-corrected chi connectivity index (χ3v) is 6.99. The topological polar surface area (TPSA) is 82.5 Å². The van der Waals surface area contributed by atoms with Crippen LogP contribution in [0.5, 0.6) is 0 Å². The van der Waals surface area contributed by atoms with Gasteiger partial charge in [-0.1, -0.05) is 11.6 Å². The fourth-order valence-electron chi connectivity index (χ4n) is 3.73. The van der Waals surface area contributed by atoms with Gasteiger partial charge in [-0.3, -0.25) is 4.98 Å². The van der Waals surface area contributed by atoms with Gasteiger partial charge in [-0.05, 0) is 57.1 Å². The van der Waals surface area contributed by atoms with Gasteiger partial charge in [0.05, 0.1) is 26.8 Å². The lowest BCUT2D eigenvalue weighted by Gasteiger charge is -2.43. The van der Waals surface area contributed by atoms with Gasteiger partial charge in [0.15, 0.2) is 0 Å². The molecule has 0 unspecified atom stereocenters. The zero-order chi connectivity index (χ0) is 18.4. The van der Waals surface area contributed by atoms with E-state index in [1.165, 1.54) is 4.90 Å². The maximum Gasteiger partial charge on any atom is 0.407 e. The van der Waals surface area contributed by atoms with Gasteiger partial charge in [0.2, 0.25) is 0 Å². The molecule has 2 aliphatic rings. The van der Waals surface area contributed by atoms with Crippen molar-refractivity contribution in [3.63, 3.8) is 0 Å². The van der Waals surface area contributed by atoms with Crippen molar-refractivity contribution in [3.8, 4) is 0 Å². The number of carboxylic acid groups (broad SMARTS) is 1. The molecule has 2 heterocycles. The summed E-state index contributed by atoms with van der Waals surface area (Å²) >= 11 is 6.16. The van der Waals surface area contributed by atoms with Gasteiger partial charge in [-0.2, -0.15) is 0 Å². The van der Waals surface area contributed by atoms with E-state index in [9.17, 15) is 14.1 Å². The number of likely N-dealkylation sites (tertiary alicyclic amines) is 1. The lowest BCUT2D eigenvalue weighted by molar-refractivity contribution is 0.0766. The minimum absolute atomic E-state index is 0.135. The Kier molecular flexibility index (Phi) is 4.85. The molecule has 0 aromatic carbocycles. The molecule has 1 aromatic rings. The van der Waals surface area contributed by atoms with Crippen molar-refractivity contribution in [2.45, 2.75) is 50.8 Å². The van der Waals surface area contributed by atoms with Crippen molar-refractivity contribution in [2.75, 3.05) is 13.1 Å². The number of fused-ring (bicyclic) bond motifs is 1. The monoisotopic (exact) mass is 385 g/mol. The predicted molar refractivity (Wildman–Crippen MR) is 98.0 cm³/mol. The largest absolute Gasteiger partial charge is 0.465 e. The molecule has 1 spiro atoms. The summed E-state index contributed by atoms with van der Waals surface area (Å²) in [6.45, 7) is 6.76. The van der Waals surface area contributed by atoms with Crippen molar-refractivity contribution in [1.29, 1.82) is 0 Å². The Morgan fingerprint density at radius 2 is 2.08 bits per heavy atom. The highest BCUT2D eigenvalue weighted by atomic mass is 35.5. The number of aromatic nitrogens is 1. The average Bonchev–Trinajstić information content (AvgIpc) is 2.80. The summed E-state index contributed by atoms with van der Waals surface area (Å²) in [6, 6.07) is 1.77. The van der Waals surface area contributed by atoms with Crippen LogP contribution in [0.3, 0.4) is 0 Å². The van der Waals surface area contributed by atoms with Gasteiger partial charge in [0, 0.05) is 25.0 Å². The van der Waals surface area contributed by atoms with Crippen LogP contribution in [0.1, 0.15) is 50.9 Å². The second-order valence-electron chi connectivity index (χ2n) is 7.93. The maximum atomic E-state index is 12.8. The molecule has 1 amide bonds. The standard InChI is InChI=1S/C17H24ClN3O3S/c1-16(2,3)25(24)20-14-12-8-11(18)10-19-13(12)9-17(14)4-6-21(7-5-17)15(22)23/h8,10,14,20H,4-7,9H2,1-3H3,(H,22,23)/t14-,25+/m0/s1. The Morgan fingerprint density at radius 3 is 2.64 bits per heavy atom. The number of carbonyl (C=O) groups is 1. The molecular formula is C17H24ClN3O3S. The minimum Gasteiger partial charge on any atom is -0.465 e. The number of amides is 1. The van der Waals surface area contributed by atoms with Crippen LogP contribution < -0.4 is 4.72 Å². The zero-order valence-electron chi connectivity index (χ0n) is 14.7. The summed E-state index contributed by atoms with van der Waals surface area (Å²) in [4.78, 5) is 17.2. The Bertz CT molecular complexity index is 712. The van der Waals surface area contributed by atoms with Crippen molar-refractivity contribution >= 4 is 28.7 Å². The maximum absolute atomic E-state index is 12.8. The summed E-state index contributed by atoms with van der Waals surface area (Å²) in [5, 5.41) is 9.79. The first-order valence-corrected chi connectivity index (χ1v) is 9.95. The van der Waals surface area contributed by atoms with Crippen molar-refractivity contribution in [2.24, 2.45) is 5.41 Å². The van der Waals surface area contributed by atoms with Gasteiger partial charge >= 0.3 is 6.09 Å². The first-order chi connectivity index (χ1) is 11.6. The summed E-state index contributed by atoms with van der Waals surface area (Å²) in [5.41, 5.74) is 1.79. The minimum atomic E-state index is -1.24. The SMILES string of the molecule is CC(C)(C)[S@@](=O)N[C@H]1c2cc(Cl)cnc2CC12CCN(C(=O)O)CC2. The number of nitrogens with zero attached hydrogens (tertiary/aromatic N) is 2. The quantitative estimate of drug-likeness (QED) is 0.819. The molecule has 1 fully saturated rings. The fourth-order valence-corrected chi connectivity index (χ4v) is 4.84. The smallest absolute Gasteiger partial charge is 0.407 e. The highest BCUT2D eigenvalue weighted by Crippen LogP contribution is 2.52. The molecule has 6 nitrogen and oxygen atoms in total. The molecule has 0 saturated carbocycles. The molecule has 3 rings (SSSR count). The number of pyridine rings is 1. The average molecular weight is 386 g/mol. The number of hydrogen-bond acceptors (Lipinski definition) is 3.